The molecule has 1 rings (SSSR count). The summed E-state index contributed by atoms with van der Waals surface area (Å²) in [5, 5.41) is 0. The van der Waals surface area contributed by atoms with Crippen LogP contribution in [-0.2, 0) is 4.79 Å². The summed E-state index contributed by atoms with van der Waals surface area (Å²) in [6.07, 6.45) is 0.716. The molecular weight excluding hydrogens is 231 g/mol. The van der Waals surface area contributed by atoms with Crippen LogP contribution in [0.1, 0.15) is 20.3 Å². The number of hydrogen-bond donors (Lipinski definition) is 1. The molecule has 0 saturated carbocycles. The van der Waals surface area contributed by atoms with E-state index >= 15 is 0 Å². The summed E-state index contributed by atoms with van der Waals surface area (Å²) in [6, 6.07) is 6.25. The van der Waals surface area contributed by atoms with Gasteiger partial charge in [-0.15, -0.1) is 0 Å². The van der Waals surface area contributed by atoms with Crippen LogP contribution >= 0.6 is 0 Å². The van der Waals surface area contributed by atoms with Crippen LogP contribution in [0.5, 0.6) is 0 Å². The Kier molecular flexibility index (Phi) is 5.28. The highest BCUT2D eigenvalue weighted by molar-refractivity contribution is 5.94. The summed E-state index contributed by atoms with van der Waals surface area (Å²) in [4.78, 5) is 13.6. The zero-order valence-electron chi connectivity index (χ0n) is 11.2. The first-order chi connectivity index (χ1) is 8.47. The van der Waals surface area contributed by atoms with Crippen molar-refractivity contribution in [2.24, 2.45) is 17.6 Å². The molecule has 0 aliphatic carbocycles. The molecule has 4 heteroatoms. The van der Waals surface area contributed by atoms with Crippen molar-refractivity contribution in [3.05, 3.63) is 30.1 Å². The Morgan fingerprint density at radius 3 is 2.50 bits per heavy atom. The monoisotopic (exact) mass is 252 g/mol. The van der Waals surface area contributed by atoms with Gasteiger partial charge in [-0.2, -0.15) is 0 Å². The quantitative estimate of drug-likeness (QED) is 0.874. The van der Waals surface area contributed by atoms with E-state index in [4.69, 9.17) is 5.73 Å². The molecule has 0 heterocycles. The van der Waals surface area contributed by atoms with Gasteiger partial charge in [0.1, 0.15) is 5.82 Å². The average molecular weight is 252 g/mol. The van der Waals surface area contributed by atoms with Crippen LogP contribution in [0.3, 0.4) is 0 Å². The summed E-state index contributed by atoms with van der Waals surface area (Å²) in [5.41, 5.74) is 5.93. The lowest BCUT2D eigenvalue weighted by atomic mass is 9.96. The third-order valence-electron chi connectivity index (χ3n) is 2.93. The van der Waals surface area contributed by atoms with Crippen LogP contribution in [0.2, 0.25) is 0 Å². The number of hydrogen-bond acceptors (Lipinski definition) is 2. The smallest absolute Gasteiger partial charge is 0.231 e. The van der Waals surface area contributed by atoms with Crippen molar-refractivity contribution >= 4 is 11.6 Å². The molecule has 100 valence electrons. The molecule has 0 spiro atoms. The summed E-state index contributed by atoms with van der Waals surface area (Å²) >= 11 is 0. The molecule has 0 bridgehead atoms. The third kappa shape index (κ3) is 3.53. The highest BCUT2D eigenvalue weighted by Crippen LogP contribution is 2.21. The van der Waals surface area contributed by atoms with Gasteiger partial charge in [0.15, 0.2) is 0 Å². The van der Waals surface area contributed by atoms with E-state index in [0.717, 1.165) is 0 Å². The molecule has 1 atom stereocenters. The number of amides is 1. The Balaban J connectivity index is 2.86. The van der Waals surface area contributed by atoms with Crippen molar-refractivity contribution in [2.75, 3.05) is 18.5 Å². The van der Waals surface area contributed by atoms with Gasteiger partial charge in [0.25, 0.3) is 0 Å². The molecule has 0 aromatic heterocycles. The maximum absolute atomic E-state index is 13.6. The van der Waals surface area contributed by atoms with Crippen molar-refractivity contribution < 1.29 is 9.18 Å². The van der Waals surface area contributed by atoms with E-state index < -0.39 is 5.82 Å². The van der Waals surface area contributed by atoms with Gasteiger partial charge in [0, 0.05) is 13.6 Å². The highest BCUT2D eigenvalue weighted by Gasteiger charge is 2.23. The molecular formula is C14H21FN2O. The predicted molar refractivity (Wildman–Crippen MR) is 71.8 cm³/mol. The topological polar surface area (TPSA) is 46.3 Å². The fourth-order valence-electron chi connectivity index (χ4n) is 1.98. The van der Waals surface area contributed by atoms with Gasteiger partial charge in [-0.1, -0.05) is 26.0 Å². The normalized spacial score (nSPS) is 12.6. The van der Waals surface area contributed by atoms with Gasteiger partial charge < -0.3 is 10.6 Å². The fourth-order valence-corrected chi connectivity index (χ4v) is 1.98. The largest absolute Gasteiger partial charge is 0.330 e. The number of nitrogens with two attached hydrogens (primary N) is 1. The first-order valence-electron chi connectivity index (χ1n) is 6.19. The van der Waals surface area contributed by atoms with Gasteiger partial charge >= 0.3 is 0 Å². The van der Waals surface area contributed by atoms with Crippen LogP contribution in [0.15, 0.2) is 24.3 Å². The molecule has 3 nitrogen and oxygen atoms in total. The van der Waals surface area contributed by atoms with E-state index in [1.165, 1.54) is 11.0 Å². The number of rotatable bonds is 5. The van der Waals surface area contributed by atoms with Crippen LogP contribution in [-0.4, -0.2) is 19.5 Å². The maximum atomic E-state index is 13.6. The number of carbonyl (C=O) groups excluding carboxylic acids is 1. The summed E-state index contributed by atoms with van der Waals surface area (Å²) < 4.78 is 13.6. The molecule has 0 fully saturated rings. The Labute approximate surface area is 108 Å². The van der Waals surface area contributed by atoms with E-state index in [2.05, 4.69) is 0 Å². The van der Waals surface area contributed by atoms with Crippen molar-refractivity contribution in [1.29, 1.82) is 0 Å². The van der Waals surface area contributed by atoms with Crippen molar-refractivity contribution in [3.8, 4) is 0 Å². The fraction of sp³-hybridized carbons (Fsp3) is 0.500. The van der Waals surface area contributed by atoms with Crippen molar-refractivity contribution in [2.45, 2.75) is 20.3 Å². The second-order valence-corrected chi connectivity index (χ2v) is 4.91. The van der Waals surface area contributed by atoms with E-state index in [-0.39, 0.29) is 18.4 Å². The zero-order valence-corrected chi connectivity index (χ0v) is 11.2. The molecule has 0 saturated heterocycles. The van der Waals surface area contributed by atoms with Gasteiger partial charge in [0.05, 0.1) is 11.6 Å². The Morgan fingerprint density at radius 1 is 1.39 bits per heavy atom. The summed E-state index contributed by atoms with van der Waals surface area (Å²) in [7, 11) is 1.59. The standard InChI is InChI=1S/C14H21FN2O/c1-10(2)8-11(9-16)14(18)17(3)13-7-5-4-6-12(13)15/h4-7,10-11H,8-9,16H2,1-3H3. The van der Waals surface area contributed by atoms with Crippen LogP contribution in [0, 0.1) is 17.7 Å². The zero-order chi connectivity index (χ0) is 13.7. The molecule has 0 radical (unpaired) electrons. The van der Waals surface area contributed by atoms with E-state index in [1.807, 2.05) is 13.8 Å². The maximum Gasteiger partial charge on any atom is 0.231 e. The SMILES string of the molecule is CC(C)CC(CN)C(=O)N(C)c1ccccc1F. The van der Waals surface area contributed by atoms with E-state index in [0.29, 0.717) is 18.0 Å². The van der Waals surface area contributed by atoms with Gasteiger partial charge in [-0.25, -0.2) is 4.39 Å². The Bertz CT molecular complexity index is 407. The molecule has 1 aromatic carbocycles. The molecule has 1 amide bonds. The number of halogens is 1. The molecule has 0 aliphatic heterocycles. The lowest BCUT2D eigenvalue weighted by Crippen LogP contribution is -2.37. The summed E-state index contributed by atoms with van der Waals surface area (Å²) in [6.45, 7) is 4.37. The number of nitrogens with zero attached hydrogens (tertiary/aromatic N) is 1. The number of para-hydroxylation sites is 1. The highest BCUT2D eigenvalue weighted by atomic mass is 19.1. The minimum atomic E-state index is -0.395. The van der Waals surface area contributed by atoms with E-state index in [9.17, 15) is 9.18 Å². The first kappa shape index (κ1) is 14.6. The van der Waals surface area contributed by atoms with Gasteiger partial charge in [-0.05, 0) is 24.5 Å². The number of benzene rings is 1. The molecule has 2 N–H and O–H groups in total. The van der Waals surface area contributed by atoms with Gasteiger partial charge in [-0.3, -0.25) is 4.79 Å². The number of carbonyl (C=O) groups is 1. The van der Waals surface area contributed by atoms with Crippen LogP contribution < -0.4 is 10.6 Å². The summed E-state index contributed by atoms with van der Waals surface area (Å²) in [5.74, 6) is -0.393. The van der Waals surface area contributed by atoms with E-state index in [1.54, 1.807) is 25.2 Å². The molecule has 1 unspecified atom stereocenters. The minimum absolute atomic E-state index is 0.128. The van der Waals surface area contributed by atoms with Crippen molar-refractivity contribution in [1.82, 2.24) is 0 Å². The number of anilines is 1. The second kappa shape index (κ2) is 6.50. The van der Waals surface area contributed by atoms with Crippen LogP contribution in [0.4, 0.5) is 10.1 Å². The molecule has 0 aliphatic rings. The first-order valence-corrected chi connectivity index (χ1v) is 6.19. The average Bonchev–Trinajstić information content (AvgIpc) is 2.34. The molecule has 18 heavy (non-hydrogen) atoms. The third-order valence-corrected chi connectivity index (χ3v) is 2.93. The van der Waals surface area contributed by atoms with Gasteiger partial charge in [0.2, 0.25) is 5.91 Å². The predicted octanol–water partition coefficient (Wildman–Crippen LogP) is 2.41. The lowest BCUT2D eigenvalue weighted by molar-refractivity contribution is -0.122. The molecule has 1 aromatic rings. The minimum Gasteiger partial charge on any atom is -0.330 e. The second-order valence-electron chi connectivity index (χ2n) is 4.91. The lowest BCUT2D eigenvalue weighted by Gasteiger charge is -2.24. The van der Waals surface area contributed by atoms with Crippen LogP contribution in [0.25, 0.3) is 0 Å². The van der Waals surface area contributed by atoms with Crippen molar-refractivity contribution in [3.63, 3.8) is 0 Å². The Morgan fingerprint density at radius 2 is 2.00 bits per heavy atom. The Hall–Kier alpha value is -1.42.